The van der Waals surface area contributed by atoms with E-state index in [0.717, 1.165) is 57.1 Å². The Bertz CT molecular complexity index is 612. The highest BCUT2D eigenvalue weighted by molar-refractivity contribution is 5.41. The molecule has 0 saturated heterocycles. The molecule has 122 valence electrons. The number of unbranched alkanes of at least 4 members (excludes halogenated alkanes) is 1. The number of nitrogens with zero attached hydrogens (tertiary/aromatic N) is 1. The van der Waals surface area contributed by atoms with Crippen molar-refractivity contribution in [2.45, 2.75) is 25.8 Å². The van der Waals surface area contributed by atoms with E-state index in [0.29, 0.717) is 0 Å². The second-order valence-electron chi connectivity index (χ2n) is 6.10. The molecule has 3 nitrogen and oxygen atoms in total. The van der Waals surface area contributed by atoms with Crippen molar-refractivity contribution in [2.75, 3.05) is 26.8 Å². The minimum atomic E-state index is 0.739. The number of benzene rings is 2. The summed E-state index contributed by atoms with van der Waals surface area (Å²) in [5.74, 6) is 1.99. The number of rotatable bonds is 7. The summed E-state index contributed by atoms with van der Waals surface area (Å²) in [6, 6.07) is 16.4. The number of para-hydroxylation sites is 1. The Kier molecular flexibility index (Phi) is 5.54. The van der Waals surface area contributed by atoms with Crippen LogP contribution in [0, 0.1) is 0 Å². The maximum absolute atomic E-state index is 6.02. The molecule has 1 heterocycles. The average Bonchev–Trinajstić information content (AvgIpc) is 2.59. The van der Waals surface area contributed by atoms with Crippen LogP contribution in [0.15, 0.2) is 48.5 Å². The standard InChI is InChI=1S/C20H25NO2/c1-21-13-12-17-8-7-11-20(19(17)16-21)23-15-6-5-14-22-18-9-3-2-4-10-18/h2-4,7-11H,5-6,12-16H2,1H3. The molecule has 1 aliphatic heterocycles. The predicted molar refractivity (Wildman–Crippen MR) is 93.1 cm³/mol. The number of fused-ring (bicyclic) bond motifs is 1. The molecule has 0 bridgehead atoms. The SMILES string of the molecule is CN1CCc2cccc(OCCCCOc3ccccc3)c2C1. The lowest BCUT2D eigenvalue weighted by molar-refractivity contribution is 0.256. The summed E-state index contributed by atoms with van der Waals surface area (Å²) in [6.07, 6.45) is 3.13. The van der Waals surface area contributed by atoms with Crippen LogP contribution in [-0.2, 0) is 13.0 Å². The molecule has 23 heavy (non-hydrogen) atoms. The second-order valence-corrected chi connectivity index (χ2v) is 6.10. The molecule has 1 aliphatic rings. The Morgan fingerprint density at radius 3 is 2.52 bits per heavy atom. The predicted octanol–water partition coefficient (Wildman–Crippen LogP) is 3.91. The van der Waals surface area contributed by atoms with Gasteiger partial charge in [-0.15, -0.1) is 0 Å². The summed E-state index contributed by atoms with van der Waals surface area (Å²) in [7, 11) is 2.17. The Balaban J connectivity index is 1.41. The Labute approximate surface area is 138 Å². The first-order valence-corrected chi connectivity index (χ1v) is 8.43. The van der Waals surface area contributed by atoms with Gasteiger partial charge in [0, 0.05) is 18.7 Å². The highest BCUT2D eigenvalue weighted by Crippen LogP contribution is 2.27. The molecule has 0 aliphatic carbocycles. The first kappa shape index (κ1) is 15.9. The summed E-state index contributed by atoms with van der Waals surface area (Å²) in [5, 5.41) is 0. The van der Waals surface area contributed by atoms with Crippen molar-refractivity contribution in [3.05, 3.63) is 59.7 Å². The monoisotopic (exact) mass is 311 g/mol. The normalized spacial score (nSPS) is 14.3. The molecule has 0 amide bonds. The Morgan fingerprint density at radius 2 is 1.70 bits per heavy atom. The van der Waals surface area contributed by atoms with Crippen LogP contribution in [0.1, 0.15) is 24.0 Å². The quantitative estimate of drug-likeness (QED) is 0.724. The summed E-state index contributed by atoms with van der Waals surface area (Å²) >= 11 is 0. The fraction of sp³-hybridized carbons (Fsp3) is 0.400. The highest BCUT2D eigenvalue weighted by atomic mass is 16.5. The maximum Gasteiger partial charge on any atom is 0.124 e. The van der Waals surface area contributed by atoms with Crippen molar-refractivity contribution in [3.8, 4) is 11.5 Å². The third kappa shape index (κ3) is 4.49. The van der Waals surface area contributed by atoms with Gasteiger partial charge in [-0.25, -0.2) is 0 Å². The van der Waals surface area contributed by atoms with E-state index in [9.17, 15) is 0 Å². The van der Waals surface area contributed by atoms with Crippen molar-refractivity contribution in [3.63, 3.8) is 0 Å². The lowest BCUT2D eigenvalue weighted by Gasteiger charge is -2.26. The van der Waals surface area contributed by atoms with Gasteiger partial charge >= 0.3 is 0 Å². The van der Waals surface area contributed by atoms with E-state index in [1.54, 1.807) is 0 Å². The minimum absolute atomic E-state index is 0.739. The van der Waals surface area contributed by atoms with Crippen LogP contribution in [0.4, 0.5) is 0 Å². The molecule has 0 radical (unpaired) electrons. The van der Waals surface area contributed by atoms with E-state index in [1.165, 1.54) is 11.1 Å². The van der Waals surface area contributed by atoms with Gasteiger partial charge in [0.2, 0.25) is 0 Å². The van der Waals surface area contributed by atoms with Crippen molar-refractivity contribution in [2.24, 2.45) is 0 Å². The van der Waals surface area contributed by atoms with Gasteiger partial charge in [0.25, 0.3) is 0 Å². The molecule has 3 heteroatoms. The largest absolute Gasteiger partial charge is 0.494 e. The fourth-order valence-corrected chi connectivity index (χ4v) is 2.91. The molecule has 3 rings (SSSR count). The molecule has 0 aromatic heterocycles. The molecule has 0 N–H and O–H groups in total. The molecular formula is C20H25NO2. The molecule has 2 aromatic carbocycles. The second kappa shape index (κ2) is 8.02. The molecule has 0 unspecified atom stereocenters. The van der Waals surface area contributed by atoms with Crippen molar-refractivity contribution >= 4 is 0 Å². The molecule has 2 aromatic rings. The molecule has 0 fully saturated rings. The summed E-state index contributed by atoms with van der Waals surface area (Å²) in [4.78, 5) is 2.35. The summed E-state index contributed by atoms with van der Waals surface area (Å²) in [5.41, 5.74) is 2.80. The smallest absolute Gasteiger partial charge is 0.124 e. The van der Waals surface area contributed by atoms with Crippen molar-refractivity contribution in [1.82, 2.24) is 4.90 Å². The molecule has 0 saturated carbocycles. The fourth-order valence-electron chi connectivity index (χ4n) is 2.91. The van der Waals surface area contributed by atoms with Crippen LogP contribution in [0.2, 0.25) is 0 Å². The van der Waals surface area contributed by atoms with Crippen LogP contribution in [0.5, 0.6) is 11.5 Å². The van der Waals surface area contributed by atoms with Gasteiger partial charge in [0.1, 0.15) is 11.5 Å². The van der Waals surface area contributed by atoms with E-state index >= 15 is 0 Å². The van der Waals surface area contributed by atoms with E-state index in [4.69, 9.17) is 9.47 Å². The van der Waals surface area contributed by atoms with Crippen LogP contribution in [0.3, 0.4) is 0 Å². The highest BCUT2D eigenvalue weighted by Gasteiger charge is 2.16. The van der Waals surface area contributed by atoms with E-state index in [1.807, 2.05) is 30.3 Å². The van der Waals surface area contributed by atoms with Crippen LogP contribution in [0.25, 0.3) is 0 Å². The van der Waals surface area contributed by atoms with E-state index in [-0.39, 0.29) is 0 Å². The first-order valence-electron chi connectivity index (χ1n) is 8.43. The van der Waals surface area contributed by atoms with Crippen LogP contribution < -0.4 is 9.47 Å². The average molecular weight is 311 g/mol. The molecule has 0 atom stereocenters. The van der Waals surface area contributed by atoms with Crippen LogP contribution in [-0.4, -0.2) is 31.7 Å². The maximum atomic E-state index is 6.02. The zero-order valence-electron chi connectivity index (χ0n) is 13.8. The van der Waals surface area contributed by atoms with Gasteiger partial charge < -0.3 is 14.4 Å². The first-order chi connectivity index (χ1) is 11.3. The minimum Gasteiger partial charge on any atom is -0.494 e. The number of hydrogen-bond acceptors (Lipinski definition) is 3. The van der Waals surface area contributed by atoms with Crippen molar-refractivity contribution < 1.29 is 9.47 Å². The summed E-state index contributed by atoms with van der Waals surface area (Å²) < 4.78 is 11.7. The third-order valence-corrected chi connectivity index (χ3v) is 4.23. The Morgan fingerprint density at radius 1 is 0.913 bits per heavy atom. The lowest BCUT2D eigenvalue weighted by atomic mass is 9.99. The molecule has 0 spiro atoms. The number of hydrogen-bond donors (Lipinski definition) is 0. The number of ether oxygens (including phenoxy) is 2. The van der Waals surface area contributed by atoms with Gasteiger partial charge in [-0.1, -0.05) is 30.3 Å². The van der Waals surface area contributed by atoms with Crippen molar-refractivity contribution in [1.29, 1.82) is 0 Å². The third-order valence-electron chi connectivity index (χ3n) is 4.23. The van der Waals surface area contributed by atoms with Crippen LogP contribution >= 0.6 is 0 Å². The lowest BCUT2D eigenvalue weighted by Crippen LogP contribution is -2.27. The summed E-state index contributed by atoms with van der Waals surface area (Å²) in [6.45, 7) is 3.61. The van der Waals surface area contributed by atoms with Gasteiger partial charge in [0.05, 0.1) is 13.2 Å². The molecular weight excluding hydrogens is 286 g/mol. The zero-order valence-corrected chi connectivity index (χ0v) is 13.8. The van der Waals surface area contributed by atoms with Gasteiger partial charge in [0.15, 0.2) is 0 Å². The van der Waals surface area contributed by atoms with Gasteiger partial charge in [-0.2, -0.15) is 0 Å². The topological polar surface area (TPSA) is 21.7 Å². The van der Waals surface area contributed by atoms with E-state index < -0.39 is 0 Å². The Hall–Kier alpha value is -2.00. The zero-order chi connectivity index (χ0) is 15.9. The van der Waals surface area contributed by atoms with Gasteiger partial charge in [-0.05, 0) is 50.1 Å². The van der Waals surface area contributed by atoms with E-state index in [2.05, 4.69) is 30.1 Å². The van der Waals surface area contributed by atoms with Gasteiger partial charge in [-0.3, -0.25) is 0 Å². The number of likely N-dealkylation sites (N-methyl/N-ethyl adjacent to an activating group) is 1.